The summed E-state index contributed by atoms with van der Waals surface area (Å²) in [6.07, 6.45) is 3.12. The fourth-order valence-electron chi connectivity index (χ4n) is 1.14. The van der Waals surface area contributed by atoms with Crippen LogP contribution in [0.2, 0.25) is 10.0 Å². The number of rotatable bonds is 3. The Kier molecular flexibility index (Phi) is 3.89. The van der Waals surface area contributed by atoms with Crippen LogP contribution in [0.1, 0.15) is 25.3 Å². The molecule has 0 radical (unpaired) electrons. The maximum Gasteiger partial charge on any atom is 0.135 e. The number of aryl methyl sites for hydroxylation is 1. The van der Waals surface area contributed by atoms with Crippen LogP contribution in [0.5, 0.6) is 5.75 Å². The molecule has 3 heteroatoms. The van der Waals surface area contributed by atoms with Crippen molar-refractivity contribution in [2.24, 2.45) is 0 Å². The second-order valence-corrected chi connectivity index (χ2v) is 3.81. The Hall–Kier alpha value is -0.400. The highest BCUT2D eigenvalue weighted by Gasteiger charge is 2.05. The zero-order chi connectivity index (χ0) is 9.84. The predicted molar refractivity (Wildman–Crippen MR) is 56.7 cm³/mol. The van der Waals surface area contributed by atoms with Crippen LogP contribution in [0.15, 0.2) is 12.1 Å². The van der Waals surface area contributed by atoms with Gasteiger partial charge in [-0.2, -0.15) is 0 Å². The number of phenols is 1. The minimum Gasteiger partial charge on any atom is -0.506 e. The van der Waals surface area contributed by atoms with Crippen molar-refractivity contribution in [2.75, 3.05) is 0 Å². The lowest BCUT2D eigenvalue weighted by Crippen LogP contribution is -1.86. The molecule has 0 bridgehead atoms. The highest BCUT2D eigenvalue weighted by atomic mass is 35.5. The summed E-state index contributed by atoms with van der Waals surface area (Å²) in [6, 6.07) is 3.23. The molecule has 0 fully saturated rings. The van der Waals surface area contributed by atoms with Gasteiger partial charge in [0, 0.05) is 11.1 Å². The fraction of sp³-hybridized carbons (Fsp3) is 0.400. The van der Waals surface area contributed by atoms with Crippen molar-refractivity contribution in [2.45, 2.75) is 26.2 Å². The molecule has 0 amide bonds. The average molecular weight is 219 g/mol. The molecule has 0 aliphatic heterocycles. The largest absolute Gasteiger partial charge is 0.506 e. The first-order chi connectivity index (χ1) is 6.15. The molecule has 1 aromatic rings. The molecule has 0 atom stereocenters. The van der Waals surface area contributed by atoms with Gasteiger partial charge in [0.25, 0.3) is 0 Å². The van der Waals surface area contributed by atoms with E-state index in [0.29, 0.717) is 10.0 Å². The zero-order valence-corrected chi connectivity index (χ0v) is 8.99. The van der Waals surface area contributed by atoms with Gasteiger partial charge in [-0.3, -0.25) is 0 Å². The van der Waals surface area contributed by atoms with E-state index in [1.54, 1.807) is 6.07 Å². The summed E-state index contributed by atoms with van der Waals surface area (Å²) < 4.78 is 0. The lowest BCUT2D eigenvalue weighted by atomic mass is 10.1. The molecule has 72 valence electrons. The van der Waals surface area contributed by atoms with E-state index >= 15 is 0 Å². The number of benzene rings is 1. The first-order valence-corrected chi connectivity index (χ1v) is 5.07. The van der Waals surface area contributed by atoms with Gasteiger partial charge >= 0.3 is 0 Å². The van der Waals surface area contributed by atoms with E-state index in [1.807, 2.05) is 0 Å². The van der Waals surface area contributed by atoms with Crippen molar-refractivity contribution in [1.82, 2.24) is 0 Å². The molecule has 0 spiro atoms. The molecular weight excluding hydrogens is 207 g/mol. The van der Waals surface area contributed by atoms with E-state index in [0.717, 1.165) is 24.8 Å². The van der Waals surface area contributed by atoms with Gasteiger partial charge in [0.1, 0.15) is 5.75 Å². The number of unbranched alkanes of at least 4 members (excludes halogenated alkanes) is 1. The smallest absolute Gasteiger partial charge is 0.135 e. The third-order valence-electron chi connectivity index (χ3n) is 1.92. The molecule has 0 aromatic heterocycles. The molecule has 1 nitrogen and oxygen atoms in total. The summed E-state index contributed by atoms with van der Waals surface area (Å²) in [6.45, 7) is 2.12. The van der Waals surface area contributed by atoms with Crippen LogP contribution in [-0.4, -0.2) is 5.11 Å². The Morgan fingerprint density at radius 2 is 1.92 bits per heavy atom. The molecule has 1 aromatic carbocycles. The molecular formula is C10H12Cl2O. The van der Waals surface area contributed by atoms with E-state index < -0.39 is 0 Å². The monoisotopic (exact) mass is 218 g/mol. The van der Waals surface area contributed by atoms with Gasteiger partial charge in [0.15, 0.2) is 0 Å². The van der Waals surface area contributed by atoms with Gasteiger partial charge < -0.3 is 5.11 Å². The fourth-order valence-corrected chi connectivity index (χ4v) is 1.57. The zero-order valence-electron chi connectivity index (χ0n) is 7.48. The minimum atomic E-state index is 0.0481. The first-order valence-electron chi connectivity index (χ1n) is 4.32. The Balaban J connectivity index is 2.88. The summed E-state index contributed by atoms with van der Waals surface area (Å²) in [5.41, 5.74) is 1.01. The van der Waals surface area contributed by atoms with Crippen LogP contribution in [-0.2, 0) is 6.42 Å². The molecule has 0 unspecified atom stereocenters. The van der Waals surface area contributed by atoms with Gasteiger partial charge in [-0.25, -0.2) is 0 Å². The second kappa shape index (κ2) is 4.73. The van der Waals surface area contributed by atoms with E-state index in [-0.39, 0.29) is 5.75 Å². The Morgan fingerprint density at radius 1 is 1.23 bits per heavy atom. The van der Waals surface area contributed by atoms with Crippen molar-refractivity contribution >= 4 is 23.2 Å². The van der Waals surface area contributed by atoms with Crippen LogP contribution in [0.25, 0.3) is 0 Å². The average Bonchev–Trinajstić information content (AvgIpc) is 2.09. The highest BCUT2D eigenvalue weighted by molar-refractivity contribution is 6.34. The summed E-state index contributed by atoms with van der Waals surface area (Å²) in [4.78, 5) is 0. The third kappa shape index (κ3) is 2.78. The topological polar surface area (TPSA) is 20.2 Å². The van der Waals surface area contributed by atoms with Crippen molar-refractivity contribution in [3.63, 3.8) is 0 Å². The van der Waals surface area contributed by atoms with Crippen LogP contribution in [0.4, 0.5) is 0 Å². The summed E-state index contributed by atoms with van der Waals surface area (Å²) >= 11 is 11.7. The molecule has 0 aliphatic rings. The maximum atomic E-state index is 9.23. The van der Waals surface area contributed by atoms with E-state index in [4.69, 9.17) is 23.2 Å². The molecule has 0 saturated heterocycles. The number of halogens is 2. The van der Waals surface area contributed by atoms with Crippen LogP contribution in [0.3, 0.4) is 0 Å². The van der Waals surface area contributed by atoms with Crippen LogP contribution < -0.4 is 0 Å². The number of hydrogen-bond donors (Lipinski definition) is 1. The van der Waals surface area contributed by atoms with Gasteiger partial charge in [0.2, 0.25) is 0 Å². The number of phenolic OH excluding ortho intramolecular Hbond substituents is 1. The third-order valence-corrected chi connectivity index (χ3v) is 2.57. The normalized spacial score (nSPS) is 10.4. The maximum absolute atomic E-state index is 9.23. The molecule has 0 aliphatic carbocycles. The van der Waals surface area contributed by atoms with Crippen molar-refractivity contribution < 1.29 is 5.11 Å². The predicted octanol–water partition coefficient (Wildman–Crippen LogP) is 4.04. The Labute approximate surface area is 88.3 Å². The second-order valence-electron chi connectivity index (χ2n) is 3.00. The van der Waals surface area contributed by atoms with Crippen molar-refractivity contribution in [3.05, 3.63) is 27.7 Å². The highest BCUT2D eigenvalue weighted by Crippen LogP contribution is 2.30. The van der Waals surface area contributed by atoms with Gasteiger partial charge in [-0.15, -0.1) is 0 Å². The standard InChI is InChI=1S/C10H12Cl2O/c1-2-3-4-7-5-9(12)10(13)6-8(7)11/h5-6,13H,2-4H2,1H3. The van der Waals surface area contributed by atoms with E-state index in [1.165, 1.54) is 6.07 Å². The molecule has 0 heterocycles. The van der Waals surface area contributed by atoms with Crippen LogP contribution >= 0.6 is 23.2 Å². The van der Waals surface area contributed by atoms with Gasteiger partial charge in [-0.1, -0.05) is 36.5 Å². The lowest BCUT2D eigenvalue weighted by molar-refractivity contribution is 0.475. The SMILES string of the molecule is CCCCc1cc(Cl)c(O)cc1Cl. The molecule has 13 heavy (non-hydrogen) atoms. The van der Waals surface area contributed by atoms with Crippen molar-refractivity contribution in [1.29, 1.82) is 0 Å². The van der Waals surface area contributed by atoms with Gasteiger partial charge in [0.05, 0.1) is 5.02 Å². The first kappa shape index (κ1) is 10.7. The van der Waals surface area contributed by atoms with Crippen LogP contribution in [0, 0.1) is 0 Å². The Morgan fingerprint density at radius 3 is 2.54 bits per heavy atom. The Bertz CT molecular complexity index is 297. The number of aromatic hydroxyl groups is 1. The lowest BCUT2D eigenvalue weighted by Gasteiger charge is -2.05. The minimum absolute atomic E-state index is 0.0481. The van der Waals surface area contributed by atoms with Crippen molar-refractivity contribution in [3.8, 4) is 5.75 Å². The van der Waals surface area contributed by atoms with Gasteiger partial charge in [-0.05, 0) is 24.5 Å². The summed E-state index contributed by atoms with van der Waals surface area (Å²) in [5.74, 6) is 0.0481. The molecule has 1 rings (SSSR count). The molecule has 0 saturated carbocycles. The summed E-state index contributed by atoms with van der Waals surface area (Å²) in [7, 11) is 0. The summed E-state index contributed by atoms with van der Waals surface area (Å²) in [5, 5.41) is 10.2. The number of hydrogen-bond acceptors (Lipinski definition) is 1. The quantitative estimate of drug-likeness (QED) is 0.813. The van der Waals surface area contributed by atoms with E-state index in [2.05, 4.69) is 6.92 Å². The molecule has 1 N–H and O–H groups in total. The van der Waals surface area contributed by atoms with E-state index in [9.17, 15) is 5.11 Å².